The van der Waals surface area contributed by atoms with Gasteiger partial charge in [-0.25, -0.2) is 0 Å². The fourth-order valence-corrected chi connectivity index (χ4v) is 3.33. The number of fused-ring (bicyclic) bond motifs is 1. The number of halogens is 3. The summed E-state index contributed by atoms with van der Waals surface area (Å²) in [6, 6.07) is -2.09. The second-order valence-electron chi connectivity index (χ2n) is 5.53. The van der Waals surface area contributed by atoms with E-state index in [1.165, 1.54) is 6.92 Å². The zero-order valence-electron chi connectivity index (χ0n) is 10.8. The van der Waals surface area contributed by atoms with Crippen molar-refractivity contribution in [1.29, 1.82) is 0 Å². The Hall–Kier alpha value is -0.330. The van der Waals surface area contributed by atoms with E-state index in [0.717, 1.165) is 32.4 Å². The van der Waals surface area contributed by atoms with Gasteiger partial charge < -0.3 is 5.73 Å². The van der Waals surface area contributed by atoms with Gasteiger partial charge >= 0.3 is 6.18 Å². The molecule has 0 aromatic heterocycles. The number of nitrogens with zero attached hydrogens (tertiary/aromatic N) is 2. The van der Waals surface area contributed by atoms with Gasteiger partial charge in [0.25, 0.3) is 0 Å². The minimum absolute atomic E-state index is 0.288. The van der Waals surface area contributed by atoms with Crippen LogP contribution < -0.4 is 5.73 Å². The van der Waals surface area contributed by atoms with Gasteiger partial charge in [0.15, 0.2) is 0 Å². The molecule has 0 spiro atoms. The van der Waals surface area contributed by atoms with Crippen LogP contribution in [0.2, 0.25) is 0 Å². The van der Waals surface area contributed by atoms with Gasteiger partial charge in [0, 0.05) is 25.2 Å². The third-order valence-electron chi connectivity index (χ3n) is 4.06. The van der Waals surface area contributed by atoms with Crippen molar-refractivity contribution in [3.8, 4) is 0 Å². The van der Waals surface area contributed by atoms with Gasteiger partial charge in [-0.2, -0.15) is 13.2 Å². The molecule has 3 nitrogen and oxygen atoms in total. The number of nitrogens with two attached hydrogens (primary N) is 1. The first-order valence-corrected chi connectivity index (χ1v) is 6.70. The van der Waals surface area contributed by atoms with E-state index in [4.69, 9.17) is 5.73 Å². The highest BCUT2D eigenvalue weighted by Gasteiger charge is 2.47. The summed E-state index contributed by atoms with van der Waals surface area (Å²) >= 11 is 0. The summed E-state index contributed by atoms with van der Waals surface area (Å²) in [5.41, 5.74) is 5.57. The van der Waals surface area contributed by atoms with E-state index in [2.05, 4.69) is 4.90 Å². The van der Waals surface area contributed by atoms with Crippen molar-refractivity contribution < 1.29 is 13.2 Å². The van der Waals surface area contributed by atoms with Crippen LogP contribution in [0, 0.1) is 0 Å². The Morgan fingerprint density at radius 1 is 1.17 bits per heavy atom. The molecule has 106 valence electrons. The maximum absolute atomic E-state index is 13.1. The van der Waals surface area contributed by atoms with Gasteiger partial charge in [-0.15, -0.1) is 0 Å². The van der Waals surface area contributed by atoms with Crippen molar-refractivity contribution in [2.45, 2.75) is 50.5 Å². The molecule has 2 aliphatic heterocycles. The van der Waals surface area contributed by atoms with Crippen LogP contribution in [0.5, 0.6) is 0 Å². The van der Waals surface area contributed by atoms with Gasteiger partial charge in [0.2, 0.25) is 0 Å². The molecule has 6 heteroatoms. The Kier molecular flexibility index (Phi) is 4.18. The quantitative estimate of drug-likeness (QED) is 0.820. The number of hydrogen-bond acceptors (Lipinski definition) is 3. The van der Waals surface area contributed by atoms with Gasteiger partial charge in [0.1, 0.15) is 6.04 Å². The first kappa shape index (κ1) is 14.1. The topological polar surface area (TPSA) is 32.5 Å². The number of hydrogen-bond donors (Lipinski definition) is 1. The van der Waals surface area contributed by atoms with E-state index in [1.807, 2.05) is 0 Å². The van der Waals surface area contributed by atoms with E-state index in [1.54, 1.807) is 4.90 Å². The van der Waals surface area contributed by atoms with Gasteiger partial charge in [-0.3, -0.25) is 9.80 Å². The minimum Gasteiger partial charge on any atom is -0.326 e. The van der Waals surface area contributed by atoms with E-state index >= 15 is 0 Å². The van der Waals surface area contributed by atoms with Crippen LogP contribution in [0.1, 0.15) is 26.2 Å². The molecule has 2 rings (SSSR count). The standard InChI is InChI=1S/C12H22F3N3/c1-9(16)11(12(13,14)15)18-7-3-6-17-5-2-4-10(17)8-18/h9-11H,2-8,16H2,1H3. The second kappa shape index (κ2) is 5.35. The predicted octanol–water partition coefficient (Wildman–Crippen LogP) is 1.43. The first-order chi connectivity index (χ1) is 8.39. The summed E-state index contributed by atoms with van der Waals surface area (Å²) in [6.45, 7) is 4.41. The number of alkyl halides is 3. The highest BCUT2D eigenvalue weighted by atomic mass is 19.4. The summed E-state index contributed by atoms with van der Waals surface area (Å²) in [4.78, 5) is 3.88. The molecule has 2 heterocycles. The Morgan fingerprint density at radius 2 is 1.83 bits per heavy atom. The molecule has 2 aliphatic rings. The molecule has 0 aliphatic carbocycles. The summed E-state index contributed by atoms with van der Waals surface area (Å²) in [5.74, 6) is 0. The van der Waals surface area contributed by atoms with Crippen molar-refractivity contribution in [2.24, 2.45) is 5.73 Å². The molecule has 0 aromatic carbocycles. The van der Waals surface area contributed by atoms with Crippen molar-refractivity contribution >= 4 is 0 Å². The monoisotopic (exact) mass is 265 g/mol. The lowest BCUT2D eigenvalue weighted by Gasteiger charge is -2.36. The Labute approximate surface area is 106 Å². The van der Waals surface area contributed by atoms with Crippen molar-refractivity contribution in [3.05, 3.63) is 0 Å². The van der Waals surface area contributed by atoms with Crippen molar-refractivity contribution in [2.75, 3.05) is 26.2 Å². The molecule has 2 saturated heterocycles. The maximum atomic E-state index is 13.1. The normalized spacial score (nSPS) is 30.8. The third-order valence-corrected chi connectivity index (χ3v) is 4.06. The molecule has 2 N–H and O–H groups in total. The summed E-state index contributed by atoms with van der Waals surface area (Å²) in [6.07, 6.45) is -1.31. The van der Waals surface area contributed by atoms with E-state index in [9.17, 15) is 13.2 Å². The van der Waals surface area contributed by atoms with Crippen LogP contribution in [0.15, 0.2) is 0 Å². The second-order valence-corrected chi connectivity index (χ2v) is 5.53. The number of rotatable bonds is 2. The molecule has 0 bridgehead atoms. The molecule has 18 heavy (non-hydrogen) atoms. The average Bonchev–Trinajstić information content (AvgIpc) is 2.55. The molecule has 3 unspecified atom stereocenters. The highest BCUT2D eigenvalue weighted by molar-refractivity contribution is 4.92. The fourth-order valence-electron chi connectivity index (χ4n) is 3.33. The third kappa shape index (κ3) is 2.97. The zero-order valence-corrected chi connectivity index (χ0v) is 10.8. The Bertz CT molecular complexity index is 280. The lowest BCUT2D eigenvalue weighted by atomic mass is 10.1. The smallest absolute Gasteiger partial charge is 0.326 e. The zero-order chi connectivity index (χ0) is 13.3. The molecule has 0 aromatic rings. The van der Waals surface area contributed by atoms with Crippen molar-refractivity contribution in [3.63, 3.8) is 0 Å². The van der Waals surface area contributed by atoms with Crippen LogP contribution in [0.4, 0.5) is 13.2 Å². The van der Waals surface area contributed by atoms with E-state index in [0.29, 0.717) is 13.1 Å². The lowest BCUT2D eigenvalue weighted by Crippen LogP contribution is -2.56. The van der Waals surface area contributed by atoms with Crippen LogP contribution in [0.3, 0.4) is 0 Å². The average molecular weight is 265 g/mol. The molecule has 3 atom stereocenters. The summed E-state index contributed by atoms with van der Waals surface area (Å²) < 4.78 is 39.3. The first-order valence-electron chi connectivity index (χ1n) is 6.70. The van der Waals surface area contributed by atoms with Gasteiger partial charge in [0.05, 0.1) is 0 Å². The van der Waals surface area contributed by atoms with Gasteiger partial charge in [-0.05, 0) is 39.3 Å². The van der Waals surface area contributed by atoms with Gasteiger partial charge in [-0.1, -0.05) is 0 Å². The molecular weight excluding hydrogens is 243 g/mol. The SMILES string of the molecule is CC(N)C(N1CCCN2CCCC2C1)C(F)(F)F. The van der Waals surface area contributed by atoms with E-state index < -0.39 is 18.3 Å². The molecule has 0 radical (unpaired) electrons. The molecule has 0 amide bonds. The summed E-state index contributed by atoms with van der Waals surface area (Å²) in [7, 11) is 0. The Balaban J connectivity index is 2.10. The summed E-state index contributed by atoms with van der Waals surface area (Å²) in [5, 5.41) is 0. The van der Waals surface area contributed by atoms with Crippen LogP contribution in [-0.4, -0.2) is 60.3 Å². The predicted molar refractivity (Wildman–Crippen MR) is 64.3 cm³/mol. The minimum atomic E-state index is -4.23. The molecular formula is C12H22F3N3. The van der Waals surface area contributed by atoms with E-state index in [-0.39, 0.29) is 6.04 Å². The van der Waals surface area contributed by atoms with Crippen LogP contribution in [0.25, 0.3) is 0 Å². The molecule has 0 saturated carbocycles. The van der Waals surface area contributed by atoms with Crippen LogP contribution >= 0.6 is 0 Å². The maximum Gasteiger partial charge on any atom is 0.405 e. The largest absolute Gasteiger partial charge is 0.405 e. The van der Waals surface area contributed by atoms with Crippen LogP contribution in [-0.2, 0) is 0 Å². The lowest BCUT2D eigenvalue weighted by molar-refractivity contribution is -0.188. The highest BCUT2D eigenvalue weighted by Crippen LogP contribution is 2.30. The molecule has 2 fully saturated rings. The van der Waals surface area contributed by atoms with Crippen molar-refractivity contribution in [1.82, 2.24) is 9.80 Å². The Morgan fingerprint density at radius 3 is 2.44 bits per heavy atom. The fraction of sp³-hybridized carbons (Fsp3) is 1.00.